The van der Waals surface area contributed by atoms with Crippen LogP contribution in [0.5, 0.6) is 0 Å². The molecule has 0 fully saturated rings. The third kappa shape index (κ3) is 4.34. The van der Waals surface area contributed by atoms with Gasteiger partial charge in [-0.2, -0.15) is 0 Å². The Hall–Kier alpha value is -1.82. The van der Waals surface area contributed by atoms with Gasteiger partial charge in [0.2, 0.25) is 11.8 Å². The Morgan fingerprint density at radius 3 is 2.59 bits per heavy atom. The van der Waals surface area contributed by atoms with Crippen molar-refractivity contribution in [2.75, 3.05) is 6.54 Å². The smallest absolute Gasteiger partial charge is 0.277 e. The highest BCUT2D eigenvalue weighted by molar-refractivity contribution is 8.00. The lowest BCUT2D eigenvalue weighted by molar-refractivity contribution is -0.120. The van der Waals surface area contributed by atoms with Gasteiger partial charge in [0.15, 0.2) is 0 Å². The lowest BCUT2D eigenvalue weighted by Crippen LogP contribution is -2.31. The van der Waals surface area contributed by atoms with Gasteiger partial charge in [-0.25, -0.2) is 0 Å². The highest BCUT2D eigenvalue weighted by Gasteiger charge is 2.18. The van der Waals surface area contributed by atoms with Crippen molar-refractivity contribution in [3.63, 3.8) is 0 Å². The van der Waals surface area contributed by atoms with Gasteiger partial charge in [0.1, 0.15) is 0 Å². The fraction of sp³-hybridized carbons (Fsp3) is 0.438. The van der Waals surface area contributed by atoms with E-state index in [1.165, 1.54) is 11.8 Å². The molecular weight excluding hydrogens is 298 g/mol. The van der Waals surface area contributed by atoms with Gasteiger partial charge in [-0.15, -0.1) is 10.2 Å². The summed E-state index contributed by atoms with van der Waals surface area (Å²) in [5, 5.41) is 11.1. The maximum atomic E-state index is 11.9. The van der Waals surface area contributed by atoms with E-state index < -0.39 is 0 Å². The molecule has 1 aromatic carbocycles. The largest absolute Gasteiger partial charge is 0.411 e. The molecule has 1 aromatic heterocycles. The molecule has 0 unspecified atom stereocenters. The summed E-state index contributed by atoms with van der Waals surface area (Å²) in [4.78, 5) is 11.9. The number of nitrogens with zero attached hydrogens (tertiary/aromatic N) is 2. The van der Waals surface area contributed by atoms with E-state index in [0.29, 0.717) is 17.7 Å². The first-order valence-electron chi connectivity index (χ1n) is 7.36. The van der Waals surface area contributed by atoms with Crippen molar-refractivity contribution in [3.05, 3.63) is 29.3 Å². The number of amides is 1. The minimum Gasteiger partial charge on any atom is -0.411 e. The summed E-state index contributed by atoms with van der Waals surface area (Å²) >= 11 is 1.27. The number of aryl methyl sites for hydroxylation is 2. The Kier molecular flexibility index (Phi) is 5.60. The molecule has 0 saturated carbocycles. The average Bonchev–Trinajstić information content (AvgIpc) is 2.92. The minimum atomic E-state index is -0.265. The number of carbonyl (C=O) groups is 1. The highest BCUT2D eigenvalue weighted by Crippen LogP contribution is 2.27. The van der Waals surface area contributed by atoms with Crippen LogP contribution in [0.3, 0.4) is 0 Å². The summed E-state index contributed by atoms with van der Waals surface area (Å²) in [5.74, 6) is 0.466. The van der Waals surface area contributed by atoms with Gasteiger partial charge in [0, 0.05) is 12.1 Å². The van der Waals surface area contributed by atoms with Crippen LogP contribution < -0.4 is 5.32 Å². The van der Waals surface area contributed by atoms with Gasteiger partial charge in [0.25, 0.3) is 5.22 Å². The van der Waals surface area contributed by atoms with Crippen LogP contribution in [0.4, 0.5) is 0 Å². The van der Waals surface area contributed by atoms with E-state index in [9.17, 15) is 4.79 Å². The lowest BCUT2D eigenvalue weighted by Gasteiger charge is -2.08. The van der Waals surface area contributed by atoms with Gasteiger partial charge in [-0.1, -0.05) is 35.9 Å². The first-order valence-corrected chi connectivity index (χ1v) is 8.24. The number of hydrogen-bond acceptors (Lipinski definition) is 5. The van der Waals surface area contributed by atoms with E-state index in [0.717, 1.165) is 23.1 Å². The predicted octanol–water partition coefficient (Wildman–Crippen LogP) is 3.36. The summed E-state index contributed by atoms with van der Waals surface area (Å²) in [6.07, 6.45) is 0.917. The molecule has 22 heavy (non-hydrogen) atoms. The summed E-state index contributed by atoms with van der Waals surface area (Å²) in [6, 6.07) is 6.11. The van der Waals surface area contributed by atoms with Crippen LogP contribution in [0.1, 0.15) is 31.4 Å². The topological polar surface area (TPSA) is 68.0 Å². The van der Waals surface area contributed by atoms with E-state index in [1.54, 1.807) is 0 Å². The highest BCUT2D eigenvalue weighted by atomic mass is 32.2. The van der Waals surface area contributed by atoms with Crippen molar-refractivity contribution in [2.45, 2.75) is 44.6 Å². The van der Waals surface area contributed by atoms with Crippen molar-refractivity contribution in [1.29, 1.82) is 0 Å². The van der Waals surface area contributed by atoms with Crippen molar-refractivity contribution in [2.24, 2.45) is 0 Å². The molecule has 0 spiro atoms. The number of aromatic nitrogens is 2. The molecular formula is C16H21N3O2S. The monoisotopic (exact) mass is 319 g/mol. The van der Waals surface area contributed by atoms with Crippen LogP contribution in [0.2, 0.25) is 0 Å². The molecule has 2 aromatic rings. The predicted molar refractivity (Wildman–Crippen MR) is 87.8 cm³/mol. The van der Waals surface area contributed by atoms with Gasteiger partial charge in [0.05, 0.1) is 5.25 Å². The quantitative estimate of drug-likeness (QED) is 0.827. The molecule has 118 valence electrons. The summed E-state index contributed by atoms with van der Waals surface area (Å²) < 4.78 is 5.67. The van der Waals surface area contributed by atoms with Crippen molar-refractivity contribution in [3.8, 4) is 11.5 Å². The summed E-state index contributed by atoms with van der Waals surface area (Å²) in [5.41, 5.74) is 3.20. The number of hydrogen-bond donors (Lipinski definition) is 1. The molecule has 1 atom stereocenters. The van der Waals surface area contributed by atoms with Crippen LogP contribution >= 0.6 is 11.8 Å². The number of nitrogens with one attached hydrogen (secondary N) is 1. The van der Waals surface area contributed by atoms with E-state index >= 15 is 0 Å². The van der Waals surface area contributed by atoms with E-state index in [2.05, 4.69) is 21.6 Å². The Bertz CT molecular complexity index is 634. The average molecular weight is 319 g/mol. The van der Waals surface area contributed by atoms with Gasteiger partial charge in [-0.05, 0) is 39.3 Å². The molecule has 1 N–H and O–H groups in total. The maximum Gasteiger partial charge on any atom is 0.277 e. The molecule has 5 nitrogen and oxygen atoms in total. The van der Waals surface area contributed by atoms with Crippen LogP contribution in [0.25, 0.3) is 11.5 Å². The van der Waals surface area contributed by atoms with E-state index in [1.807, 2.05) is 39.8 Å². The molecule has 0 saturated heterocycles. The Labute approximate surface area is 134 Å². The maximum absolute atomic E-state index is 11.9. The van der Waals surface area contributed by atoms with Crippen LogP contribution in [0, 0.1) is 13.8 Å². The van der Waals surface area contributed by atoms with Gasteiger partial charge in [-0.3, -0.25) is 4.79 Å². The van der Waals surface area contributed by atoms with Crippen molar-refractivity contribution < 1.29 is 9.21 Å². The van der Waals surface area contributed by atoms with E-state index in [-0.39, 0.29) is 11.2 Å². The molecule has 0 aliphatic heterocycles. The molecule has 0 radical (unpaired) electrons. The number of thioether (sulfide) groups is 1. The number of rotatable bonds is 6. The van der Waals surface area contributed by atoms with Gasteiger partial charge < -0.3 is 9.73 Å². The zero-order valence-corrected chi connectivity index (χ0v) is 14.2. The Morgan fingerprint density at radius 2 is 1.95 bits per heavy atom. The van der Waals surface area contributed by atoms with E-state index in [4.69, 9.17) is 4.42 Å². The van der Waals surface area contributed by atoms with Crippen LogP contribution in [0.15, 0.2) is 27.8 Å². The standard InChI is InChI=1S/C16H21N3O2S/c1-5-6-17-14(20)12(4)22-16-19-18-15(21-16)13-8-10(2)7-11(3)9-13/h7-9,12H,5-6H2,1-4H3,(H,17,20)/t12-/m0/s1. The first kappa shape index (κ1) is 16.5. The zero-order chi connectivity index (χ0) is 16.1. The molecule has 2 rings (SSSR count). The molecule has 1 heterocycles. The third-order valence-corrected chi connectivity index (χ3v) is 4.01. The van der Waals surface area contributed by atoms with Crippen molar-refractivity contribution in [1.82, 2.24) is 15.5 Å². The minimum absolute atomic E-state index is 0.0157. The SMILES string of the molecule is CCCNC(=O)[C@H](C)Sc1nnc(-c2cc(C)cc(C)c2)o1. The fourth-order valence-electron chi connectivity index (χ4n) is 2.07. The molecule has 1 amide bonds. The lowest BCUT2D eigenvalue weighted by atomic mass is 10.1. The number of carbonyl (C=O) groups excluding carboxylic acids is 1. The van der Waals surface area contributed by atoms with Crippen LogP contribution in [-0.4, -0.2) is 27.9 Å². The van der Waals surface area contributed by atoms with Gasteiger partial charge >= 0.3 is 0 Å². The van der Waals surface area contributed by atoms with Crippen molar-refractivity contribution >= 4 is 17.7 Å². The molecule has 6 heteroatoms. The Morgan fingerprint density at radius 1 is 1.27 bits per heavy atom. The zero-order valence-electron chi connectivity index (χ0n) is 13.3. The first-order chi connectivity index (χ1) is 10.5. The molecule has 0 aliphatic carbocycles. The van der Waals surface area contributed by atoms with Crippen LogP contribution in [-0.2, 0) is 4.79 Å². The third-order valence-electron chi connectivity index (χ3n) is 3.07. The summed E-state index contributed by atoms with van der Waals surface area (Å²) in [6.45, 7) is 8.59. The Balaban J connectivity index is 2.06. The second-order valence-electron chi connectivity index (χ2n) is 5.30. The normalized spacial score (nSPS) is 12.2. The number of benzene rings is 1. The molecule has 0 bridgehead atoms. The second kappa shape index (κ2) is 7.45. The molecule has 0 aliphatic rings. The fourth-order valence-corrected chi connectivity index (χ4v) is 2.78. The second-order valence-corrected chi connectivity index (χ2v) is 6.59. The summed E-state index contributed by atoms with van der Waals surface area (Å²) in [7, 11) is 0.